The first-order valence-electron chi connectivity index (χ1n) is 4.53. The highest BCUT2D eigenvalue weighted by atomic mass is 32.2. The maximum Gasteiger partial charge on any atom is 0.155 e. The molecular weight excluding hydrogens is 186 g/mol. The van der Waals surface area contributed by atoms with Crippen LogP contribution in [0.1, 0.15) is 19.8 Å². The summed E-state index contributed by atoms with van der Waals surface area (Å²) in [7, 11) is -2.93. The van der Waals surface area contributed by atoms with E-state index >= 15 is 0 Å². The first kappa shape index (κ1) is 10.6. The number of nitrogens with one attached hydrogen (secondary N) is 1. The smallest absolute Gasteiger partial charge is 0.155 e. The van der Waals surface area contributed by atoms with Crippen molar-refractivity contribution in [2.24, 2.45) is 0 Å². The van der Waals surface area contributed by atoms with Crippen molar-refractivity contribution in [3.05, 3.63) is 0 Å². The van der Waals surface area contributed by atoms with Gasteiger partial charge in [0, 0.05) is 0 Å². The number of hydrogen-bond donors (Lipinski definition) is 1. The Hall–Kier alpha value is -0.530. The summed E-state index contributed by atoms with van der Waals surface area (Å²) in [5.74, 6) is 2.80. The van der Waals surface area contributed by atoms with Crippen LogP contribution in [0.25, 0.3) is 0 Å². The van der Waals surface area contributed by atoms with Gasteiger partial charge in [-0.3, -0.25) is 0 Å². The first-order chi connectivity index (χ1) is 6.11. The van der Waals surface area contributed by atoms with Gasteiger partial charge in [-0.05, 0) is 19.4 Å². The average molecular weight is 201 g/mol. The quantitative estimate of drug-likeness (QED) is 0.662. The predicted octanol–water partition coefficient (Wildman–Crippen LogP) is 0.175. The second-order valence-electron chi connectivity index (χ2n) is 3.25. The Morgan fingerprint density at radius 2 is 2.38 bits per heavy atom. The number of terminal acetylenes is 1. The zero-order valence-electron chi connectivity index (χ0n) is 7.79. The predicted molar refractivity (Wildman–Crippen MR) is 53.1 cm³/mol. The van der Waals surface area contributed by atoms with E-state index in [1.54, 1.807) is 0 Å². The van der Waals surface area contributed by atoms with Gasteiger partial charge in [-0.15, -0.1) is 6.42 Å². The van der Waals surface area contributed by atoms with Crippen LogP contribution in [0.2, 0.25) is 0 Å². The number of sulfone groups is 1. The highest BCUT2D eigenvalue weighted by molar-refractivity contribution is 7.92. The van der Waals surface area contributed by atoms with Crippen molar-refractivity contribution in [2.45, 2.75) is 31.1 Å². The summed E-state index contributed by atoms with van der Waals surface area (Å²) in [5, 5.41) is 2.65. The third kappa shape index (κ3) is 2.23. The van der Waals surface area contributed by atoms with Crippen LogP contribution in [-0.4, -0.2) is 32.0 Å². The van der Waals surface area contributed by atoms with E-state index in [-0.39, 0.29) is 11.3 Å². The van der Waals surface area contributed by atoms with E-state index in [0.29, 0.717) is 18.7 Å². The fourth-order valence-electron chi connectivity index (χ4n) is 1.71. The summed E-state index contributed by atoms with van der Waals surface area (Å²) >= 11 is 0. The van der Waals surface area contributed by atoms with Gasteiger partial charge in [-0.2, -0.15) is 0 Å². The van der Waals surface area contributed by atoms with Gasteiger partial charge in [0.15, 0.2) is 9.84 Å². The molecule has 3 nitrogen and oxygen atoms in total. The van der Waals surface area contributed by atoms with Crippen molar-refractivity contribution in [1.29, 1.82) is 0 Å². The van der Waals surface area contributed by atoms with Gasteiger partial charge in [0.2, 0.25) is 0 Å². The maximum absolute atomic E-state index is 11.5. The zero-order chi connectivity index (χ0) is 9.90. The summed E-state index contributed by atoms with van der Waals surface area (Å²) < 4.78 is 23.0. The normalized spacial score (nSPS) is 28.2. The van der Waals surface area contributed by atoms with E-state index in [0.717, 1.165) is 6.42 Å². The lowest BCUT2D eigenvalue weighted by Crippen LogP contribution is -2.41. The Labute approximate surface area is 79.8 Å². The lowest BCUT2D eigenvalue weighted by atomic mass is 10.1. The summed E-state index contributed by atoms with van der Waals surface area (Å²) in [4.78, 5) is 0. The van der Waals surface area contributed by atoms with E-state index < -0.39 is 9.84 Å². The van der Waals surface area contributed by atoms with Crippen LogP contribution in [0.4, 0.5) is 0 Å². The standard InChI is InChI=1S/C9H15NO2S/c1-3-8(10-4-2)9-6-5-7-13(9,11)12/h1,8-10H,4-7H2,2H3. The molecule has 0 spiro atoms. The Bertz CT molecular complexity index is 302. The Morgan fingerprint density at radius 1 is 1.69 bits per heavy atom. The molecule has 1 heterocycles. The van der Waals surface area contributed by atoms with Crippen LogP contribution >= 0.6 is 0 Å². The van der Waals surface area contributed by atoms with Gasteiger partial charge in [0.05, 0.1) is 17.0 Å². The number of hydrogen-bond acceptors (Lipinski definition) is 3. The minimum atomic E-state index is -2.93. The SMILES string of the molecule is C#CC(NCC)C1CCCS1(=O)=O. The first-order valence-corrected chi connectivity index (χ1v) is 6.24. The highest BCUT2D eigenvalue weighted by Gasteiger charge is 2.36. The third-order valence-electron chi connectivity index (χ3n) is 2.35. The van der Waals surface area contributed by atoms with E-state index in [1.165, 1.54) is 0 Å². The molecule has 0 bridgehead atoms. The van der Waals surface area contributed by atoms with E-state index in [4.69, 9.17) is 6.42 Å². The molecule has 1 aliphatic heterocycles. The largest absolute Gasteiger partial charge is 0.303 e. The van der Waals surface area contributed by atoms with Crippen molar-refractivity contribution in [1.82, 2.24) is 5.32 Å². The summed E-state index contributed by atoms with van der Waals surface area (Å²) in [6.45, 7) is 2.63. The van der Waals surface area contributed by atoms with Crippen molar-refractivity contribution in [3.8, 4) is 12.3 Å². The zero-order valence-corrected chi connectivity index (χ0v) is 8.60. The van der Waals surface area contributed by atoms with Crippen molar-refractivity contribution >= 4 is 9.84 Å². The molecule has 74 valence electrons. The molecule has 0 aliphatic carbocycles. The van der Waals surface area contributed by atoms with Crippen LogP contribution in [0.5, 0.6) is 0 Å². The molecule has 1 saturated heterocycles. The molecule has 13 heavy (non-hydrogen) atoms. The van der Waals surface area contributed by atoms with Gasteiger partial charge in [-0.1, -0.05) is 12.8 Å². The van der Waals surface area contributed by atoms with Crippen molar-refractivity contribution in [2.75, 3.05) is 12.3 Å². The molecule has 4 heteroatoms. The van der Waals surface area contributed by atoms with Crippen molar-refractivity contribution in [3.63, 3.8) is 0 Å². The van der Waals surface area contributed by atoms with Gasteiger partial charge >= 0.3 is 0 Å². The molecule has 1 fully saturated rings. The number of rotatable bonds is 3. The second-order valence-corrected chi connectivity index (χ2v) is 5.59. The maximum atomic E-state index is 11.5. The lowest BCUT2D eigenvalue weighted by molar-refractivity contribution is 0.547. The van der Waals surface area contributed by atoms with Crippen LogP contribution in [0.3, 0.4) is 0 Å². The summed E-state index contributed by atoms with van der Waals surface area (Å²) in [6, 6.07) is -0.308. The van der Waals surface area contributed by atoms with E-state index in [1.807, 2.05) is 6.92 Å². The monoisotopic (exact) mass is 201 g/mol. The van der Waals surface area contributed by atoms with Crippen LogP contribution in [0, 0.1) is 12.3 Å². The summed E-state index contributed by atoms with van der Waals surface area (Å²) in [6.07, 6.45) is 6.73. The molecule has 2 atom stereocenters. The molecule has 1 aliphatic rings. The molecular formula is C9H15NO2S. The van der Waals surface area contributed by atoms with Gasteiger partial charge < -0.3 is 5.32 Å². The minimum Gasteiger partial charge on any atom is -0.303 e. The molecule has 0 radical (unpaired) electrons. The molecule has 1 rings (SSSR count). The van der Waals surface area contributed by atoms with E-state index in [2.05, 4.69) is 11.2 Å². The molecule has 0 aromatic carbocycles. The van der Waals surface area contributed by atoms with Gasteiger partial charge in [-0.25, -0.2) is 8.42 Å². The van der Waals surface area contributed by atoms with Crippen molar-refractivity contribution < 1.29 is 8.42 Å². The van der Waals surface area contributed by atoms with Crippen LogP contribution < -0.4 is 5.32 Å². The molecule has 0 saturated carbocycles. The lowest BCUT2D eigenvalue weighted by Gasteiger charge is -2.17. The average Bonchev–Trinajstić information content (AvgIpc) is 2.41. The fourth-order valence-corrected chi connectivity index (χ4v) is 3.70. The van der Waals surface area contributed by atoms with Gasteiger partial charge in [0.25, 0.3) is 0 Å². The summed E-state index contributed by atoms with van der Waals surface area (Å²) in [5.41, 5.74) is 0. The molecule has 0 aromatic rings. The van der Waals surface area contributed by atoms with Crippen LogP contribution in [-0.2, 0) is 9.84 Å². The Kier molecular flexibility index (Phi) is 3.34. The molecule has 2 unspecified atom stereocenters. The highest BCUT2D eigenvalue weighted by Crippen LogP contribution is 2.22. The minimum absolute atomic E-state index is 0.293. The van der Waals surface area contributed by atoms with Crippen LogP contribution in [0.15, 0.2) is 0 Å². The molecule has 0 aromatic heterocycles. The topological polar surface area (TPSA) is 46.2 Å². The Balaban J connectivity index is 2.76. The third-order valence-corrected chi connectivity index (χ3v) is 4.64. The second kappa shape index (κ2) is 4.12. The van der Waals surface area contributed by atoms with E-state index in [9.17, 15) is 8.42 Å². The van der Waals surface area contributed by atoms with Gasteiger partial charge in [0.1, 0.15) is 0 Å². The molecule has 0 amide bonds. The Morgan fingerprint density at radius 3 is 2.77 bits per heavy atom. The molecule has 1 N–H and O–H groups in total. The fraction of sp³-hybridized carbons (Fsp3) is 0.778.